The smallest absolute Gasteiger partial charge is 0.221 e. The van der Waals surface area contributed by atoms with Gasteiger partial charge in [-0.2, -0.15) is 0 Å². The van der Waals surface area contributed by atoms with E-state index in [1.165, 1.54) is 4.68 Å². The molecular weight excluding hydrogens is 329 g/mol. The van der Waals surface area contributed by atoms with E-state index in [2.05, 4.69) is 10.3 Å². The first-order valence-corrected chi connectivity index (χ1v) is 11.4. The largest absolute Gasteiger partial charge is 0.310 e. The summed E-state index contributed by atoms with van der Waals surface area (Å²) in [5.74, 6) is 0. The first kappa shape index (κ1) is 16.0. The highest BCUT2D eigenvalue weighted by molar-refractivity contribution is 8.45. The molecule has 0 aliphatic carbocycles. The fraction of sp³-hybridized carbons (Fsp3) is 0.273. The maximum atomic E-state index is 12.6. The average molecular weight is 343 g/mol. The highest BCUT2D eigenvalue weighted by atomic mass is 32.5. The zero-order chi connectivity index (χ0) is 16.2. The van der Waals surface area contributed by atoms with Gasteiger partial charge >= 0.3 is 10.2 Å². The second-order valence-electron chi connectivity index (χ2n) is 5.76. The molecule has 1 aromatic carbocycles. The normalized spacial score (nSPS) is 16.4. The van der Waals surface area contributed by atoms with Gasteiger partial charge in [-0.3, -0.25) is 0 Å². The average Bonchev–Trinajstić information content (AvgIpc) is 2.75. The first-order valence-electron chi connectivity index (χ1n) is 5.94. The molecular formula is C11H14F5N3SSi. The SMILES string of the molecule is C[Si](C)(C)c1cn(-c2ccc(S(F)(F)(F)(F)F)cc2)nn1. The number of rotatable bonds is 3. The number of aromatic nitrogens is 3. The molecule has 0 N–H and O–H groups in total. The van der Waals surface area contributed by atoms with Crippen molar-refractivity contribution in [2.45, 2.75) is 24.5 Å². The Morgan fingerprint density at radius 2 is 1.48 bits per heavy atom. The second-order valence-corrected chi connectivity index (χ2v) is 13.2. The van der Waals surface area contributed by atoms with E-state index in [9.17, 15) is 19.4 Å². The van der Waals surface area contributed by atoms with Crippen LogP contribution in [0.5, 0.6) is 0 Å². The van der Waals surface area contributed by atoms with Crippen LogP contribution in [0.15, 0.2) is 35.4 Å². The lowest BCUT2D eigenvalue weighted by atomic mass is 10.3. The summed E-state index contributed by atoms with van der Waals surface area (Å²) in [5.41, 5.74) is 0.248. The lowest BCUT2D eigenvalue weighted by molar-refractivity contribution is 0.364. The summed E-state index contributed by atoms with van der Waals surface area (Å²) in [6, 6.07) is 2.64. The van der Waals surface area contributed by atoms with Crippen LogP contribution in [0.25, 0.3) is 5.69 Å². The van der Waals surface area contributed by atoms with E-state index < -0.39 is 23.2 Å². The van der Waals surface area contributed by atoms with Gasteiger partial charge in [0.15, 0.2) is 0 Å². The van der Waals surface area contributed by atoms with Crippen LogP contribution in [0.4, 0.5) is 19.4 Å². The van der Waals surface area contributed by atoms with Crippen LogP contribution >= 0.6 is 10.2 Å². The molecule has 0 amide bonds. The van der Waals surface area contributed by atoms with Gasteiger partial charge in [0.25, 0.3) is 0 Å². The molecule has 0 aliphatic heterocycles. The number of benzene rings is 1. The lowest BCUT2D eigenvalue weighted by Crippen LogP contribution is -2.38. The zero-order valence-electron chi connectivity index (χ0n) is 11.5. The van der Waals surface area contributed by atoms with E-state index in [-0.39, 0.29) is 5.69 Å². The van der Waals surface area contributed by atoms with E-state index in [4.69, 9.17) is 0 Å². The number of halogens is 5. The molecule has 0 spiro atoms. The van der Waals surface area contributed by atoms with Crippen molar-refractivity contribution in [2.24, 2.45) is 0 Å². The molecule has 0 atom stereocenters. The van der Waals surface area contributed by atoms with Gasteiger partial charge in [-0.05, 0) is 24.3 Å². The summed E-state index contributed by atoms with van der Waals surface area (Å²) in [5, 5.41) is 8.57. The lowest BCUT2D eigenvalue weighted by Gasteiger charge is -2.40. The summed E-state index contributed by atoms with van der Waals surface area (Å²) < 4.78 is 64.3. The van der Waals surface area contributed by atoms with Crippen molar-refractivity contribution in [1.82, 2.24) is 15.0 Å². The van der Waals surface area contributed by atoms with Gasteiger partial charge in [0.05, 0.1) is 11.0 Å². The van der Waals surface area contributed by atoms with Crippen LogP contribution in [0.2, 0.25) is 19.6 Å². The third kappa shape index (κ3) is 3.62. The number of hydrogen-bond donors (Lipinski definition) is 0. The van der Waals surface area contributed by atoms with Crippen molar-refractivity contribution in [3.05, 3.63) is 30.5 Å². The predicted molar refractivity (Wildman–Crippen MR) is 75.7 cm³/mol. The Bertz CT molecular complexity index is 673. The molecule has 0 radical (unpaired) electrons. The molecule has 1 aromatic heterocycles. The topological polar surface area (TPSA) is 30.7 Å². The van der Waals surface area contributed by atoms with Gasteiger partial charge in [-0.25, -0.2) is 4.68 Å². The molecule has 0 fully saturated rings. The van der Waals surface area contributed by atoms with Gasteiger partial charge in [0, 0.05) is 6.20 Å². The molecule has 0 unspecified atom stereocenters. The van der Waals surface area contributed by atoms with Crippen molar-refractivity contribution >= 4 is 23.6 Å². The summed E-state index contributed by atoms with van der Waals surface area (Å²) in [7, 11) is -11.3. The Labute approximate surface area is 119 Å². The Morgan fingerprint density at radius 3 is 1.86 bits per heavy atom. The molecule has 0 aliphatic rings. The first-order chi connectivity index (χ1) is 9.16. The summed E-state index contributed by atoms with van der Waals surface area (Å²) in [6.45, 7) is 6.12. The monoisotopic (exact) mass is 343 g/mol. The van der Waals surface area contributed by atoms with Gasteiger partial charge in [-0.1, -0.05) is 44.3 Å². The number of hydrogen-bond acceptors (Lipinski definition) is 2. The van der Waals surface area contributed by atoms with Gasteiger partial charge in [0.2, 0.25) is 0 Å². The zero-order valence-corrected chi connectivity index (χ0v) is 13.3. The molecule has 0 saturated heterocycles. The second kappa shape index (κ2) is 3.86. The third-order valence-electron chi connectivity index (χ3n) is 2.81. The molecule has 0 bridgehead atoms. The molecule has 2 rings (SSSR count). The van der Waals surface area contributed by atoms with Crippen LogP contribution in [0, 0.1) is 0 Å². The highest BCUT2D eigenvalue weighted by Crippen LogP contribution is 3.02. The molecule has 10 heteroatoms. The minimum Gasteiger partial charge on any atom is -0.221 e. The third-order valence-corrected chi connectivity index (χ3v) is 5.74. The summed E-state index contributed by atoms with van der Waals surface area (Å²) in [4.78, 5) is -1.91. The Hall–Kier alpha value is -1.42. The fourth-order valence-corrected chi connectivity index (χ4v) is 3.09. The van der Waals surface area contributed by atoms with E-state index in [1.54, 1.807) is 6.20 Å². The summed E-state index contributed by atoms with van der Waals surface area (Å²) in [6.07, 6.45) is 1.61. The van der Waals surface area contributed by atoms with Crippen molar-refractivity contribution in [3.8, 4) is 5.69 Å². The molecule has 21 heavy (non-hydrogen) atoms. The minimum absolute atomic E-state index is 0.248. The van der Waals surface area contributed by atoms with E-state index in [1.807, 2.05) is 19.6 Å². The highest BCUT2D eigenvalue weighted by Gasteiger charge is 2.65. The molecule has 2 aromatic rings. The molecule has 118 valence electrons. The minimum atomic E-state index is -9.63. The van der Waals surface area contributed by atoms with Gasteiger partial charge < -0.3 is 0 Å². The van der Waals surface area contributed by atoms with E-state index in [0.717, 1.165) is 17.4 Å². The summed E-state index contributed by atoms with van der Waals surface area (Å²) >= 11 is 0. The van der Waals surface area contributed by atoms with E-state index >= 15 is 0 Å². The Kier molecular flexibility index (Phi) is 2.93. The van der Waals surface area contributed by atoms with Crippen LogP contribution in [0.1, 0.15) is 0 Å². The van der Waals surface area contributed by atoms with Crippen LogP contribution < -0.4 is 5.32 Å². The van der Waals surface area contributed by atoms with Gasteiger partial charge in [-0.15, -0.1) is 5.10 Å². The number of nitrogens with zero attached hydrogens (tertiary/aromatic N) is 3. The van der Waals surface area contributed by atoms with Crippen molar-refractivity contribution < 1.29 is 19.4 Å². The fourth-order valence-electron chi connectivity index (χ4n) is 1.59. The molecule has 0 saturated carbocycles. The predicted octanol–water partition coefficient (Wildman–Crippen LogP) is 4.47. The standard InChI is InChI=1S/C11H14F5N3SSi/c1-21(2,3)11-8-19(18-17-11)9-4-6-10(7-5-9)20(12,13,14,15)16/h4-8H,1-3H3. The van der Waals surface area contributed by atoms with Crippen LogP contribution in [-0.4, -0.2) is 23.1 Å². The maximum Gasteiger partial charge on any atom is 0.310 e. The molecule has 3 nitrogen and oxygen atoms in total. The Balaban J connectivity index is 2.39. The Morgan fingerprint density at radius 1 is 0.952 bits per heavy atom. The van der Waals surface area contributed by atoms with E-state index in [0.29, 0.717) is 12.1 Å². The van der Waals surface area contributed by atoms with Crippen molar-refractivity contribution in [1.29, 1.82) is 0 Å². The molecule has 1 heterocycles. The quantitative estimate of drug-likeness (QED) is 0.608. The maximum absolute atomic E-state index is 12.6. The van der Waals surface area contributed by atoms with Crippen LogP contribution in [-0.2, 0) is 0 Å². The van der Waals surface area contributed by atoms with Crippen LogP contribution in [0.3, 0.4) is 0 Å². The van der Waals surface area contributed by atoms with Crippen molar-refractivity contribution in [2.75, 3.05) is 0 Å². The van der Waals surface area contributed by atoms with Crippen molar-refractivity contribution in [3.63, 3.8) is 0 Å². The van der Waals surface area contributed by atoms with Gasteiger partial charge in [0.1, 0.15) is 13.0 Å².